The lowest BCUT2D eigenvalue weighted by Crippen LogP contribution is -2.64. The number of fused-ring (bicyclic) bond motifs is 1. The Kier molecular flexibility index (Phi) is 3.78. The number of amides is 2. The van der Waals surface area contributed by atoms with Crippen molar-refractivity contribution in [2.24, 2.45) is 11.8 Å². The first-order chi connectivity index (χ1) is 12.8. The fourth-order valence-electron chi connectivity index (χ4n) is 5.37. The molecule has 5 aliphatic rings. The number of hydrogen-bond donors (Lipinski definition) is 0. The van der Waals surface area contributed by atoms with Crippen LogP contribution in [0.5, 0.6) is 0 Å². The van der Waals surface area contributed by atoms with Crippen molar-refractivity contribution in [2.75, 3.05) is 45.9 Å². The standard InChI is InChI=1S/C20H29N3O4/c1-19(2,3)23-12-20-5-4-14(27-20)15(16(20)18(23)25)17(24)22-10-13(11-22)21-6-8-26-9-7-21/h4-5,13-16H,6-12H2,1-3H3/t14-,15?,16?,20-/m0/s1. The molecule has 4 saturated heterocycles. The highest BCUT2D eigenvalue weighted by atomic mass is 16.5. The smallest absolute Gasteiger partial charge is 0.230 e. The highest BCUT2D eigenvalue weighted by molar-refractivity contribution is 5.93. The zero-order valence-electron chi connectivity index (χ0n) is 16.4. The lowest BCUT2D eigenvalue weighted by molar-refractivity contribution is -0.151. The number of likely N-dealkylation sites (tertiary alicyclic amines) is 2. The van der Waals surface area contributed by atoms with Gasteiger partial charge in [0.1, 0.15) is 5.60 Å². The Balaban J connectivity index is 1.31. The topological polar surface area (TPSA) is 62.3 Å². The first-order valence-corrected chi connectivity index (χ1v) is 10.1. The van der Waals surface area contributed by atoms with E-state index in [-0.39, 0.29) is 35.3 Å². The number of carbonyl (C=O) groups is 2. The molecule has 5 heterocycles. The summed E-state index contributed by atoms with van der Waals surface area (Å²) in [5, 5.41) is 0. The summed E-state index contributed by atoms with van der Waals surface area (Å²) in [6.07, 6.45) is 3.77. The van der Waals surface area contributed by atoms with E-state index in [2.05, 4.69) is 4.90 Å². The van der Waals surface area contributed by atoms with Crippen molar-refractivity contribution < 1.29 is 19.1 Å². The van der Waals surface area contributed by atoms with Crippen LogP contribution < -0.4 is 0 Å². The molecule has 5 aliphatic heterocycles. The molecule has 148 valence electrons. The van der Waals surface area contributed by atoms with Gasteiger partial charge in [-0.2, -0.15) is 0 Å². The minimum Gasteiger partial charge on any atom is -0.379 e. The lowest BCUT2D eigenvalue weighted by Gasteiger charge is -2.47. The molecule has 7 nitrogen and oxygen atoms in total. The predicted molar refractivity (Wildman–Crippen MR) is 98.0 cm³/mol. The van der Waals surface area contributed by atoms with Gasteiger partial charge in [-0.3, -0.25) is 14.5 Å². The Morgan fingerprint density at radius 2 is 1.93 bits per heavy atom. The van der Waals surface area contributed by atoms with Crippen molar-refractivity contribution in [1.29, 1.82) is 0 Å². The summed E-state index contributed by atoms with van der Waals surface area (Å²) in [6.45, 7) is 11.6. The third kappa shape index (κ3) is 2.51. The Morgan fingerprint density at radius 1 is 1.22 bits per heavy atom. The highest BCUT2D eigenvalue weighted by Gasteiger charge is 2.68. The summed E-state index contributed by atoms with van der Waals surface area (Å²) in [5.41, 5.74) is -0.874. The van der Waals surface area contributed by atoms with Gasteiger partial charge >= 0.3 is 0 Å². The summed E-state index contributed by atoms with van der Waals surface area (Å²) in [6, 6.07) is 0.423. The fraction of sp³-hybridized carbons (Fsp3) is 0.800. The molecule has 1 spiro atoms. The van der Waals surface area contributed by atoms with Crippen LogP contribution in [0, 0.1) is 11.8 Å². The number of rotatable bonds is 2. The first kappa shape index (κ1) is 17.6. The Labute approximate surface area is 160 Å². The average molecular weight is 375 g/mol. The average Bonchev–Trinajstić information content (AvgIpc) is 3.22. The van der Waals surface area contributed by atoms with E-state index in [4.69, 9.17) is 9.47 Å². The number of morpholine rings is 1. The molecule has 0 aliphatic carbocycles. The highest BCUT2D eigenvalue weighted by Crippen LogP contribution is 2.53. The second-order valence-electron chi connectivity index (χ2n) is 9.54. The summed E-state index contributed by atoms with van der Waals surface area (Å²) < 4.78 is 11.6. The summed E-state index contributed by atoms with van der Waals surface area (Å²) in [5.74, 6) is -0.593. The van der Waals surface area contributed by atoms with Crippen LogP contribution in [0.1, 0.15) is 20.8 Å². The Hall–Kier alpha value is -1.44. The van der Waals surface area contributed by atoms with Gasteiger partial charge in [-0.25, -0.2) is 0 Å². The maximum absolute atomic E-state index is 13.3. The molecule has 27 heavy (non-hydrogen) atoms. The van der Waals surface area contributed by atoms with Gasteiger partial charge in [0.05, 0.1) is 37.7 Å². The normalized spacial score (nSPS) is 39.2. The summed E-state index contributed by atoms with van der Waals surface area (Å²) in [7, 11) is 0. The van der Waals surface area contributed by atoms with E-state index >= 15 is 0 Å². The van der Waals surface area contributed by atoms with Crippen molar-refractivity contribution in [2.45, 2.75) is 44.1 Å². The molecule has 5 rings (SSSR count). The minimum atomic E-state index is -0.607. The van der Waals surface area contributed by atoms with Crippen LogP contribution in [0.3, 0.4) is 0 Å². The van der Waals surface area contributed by atoms with Crippen molar-refractivity contribution in [1.82, 2.24) is 14.7 Å². The van der Waals surface area contributed by atoms with Gasteiger partial charge in [-0.1, -0.05) is 12.2 Å². The van der Waals surface area contributed by atoms with Crippen LogP contribution in [0.2, 0.25) is 0 Å². The lowest BCUT2D eigenvalue weighted by atomic mass is 9.76. The van der Waals surface area contributed by atoms with E-state index in [0.717, 1.165) is 39.4 Å². The molecule has 0 aromatic heterocycles. The van der Waals surface area contributed by atoms with E-state index in [1.54, 1.807) is 0 Å². The molecule has 4 fully saturated rings. The van der Waals surface area contributed by atoms with E-state index in [0.29, 0.717) is 12.6 Å². The number of carbonyl (C=O) groups excluding carboxylic acids is 2. The summed E-state index contributed by atoms with van der Waals surface area (Å²) >= 11 is 0. The molecule has 0 radical (unpaired) electrons. The maximum atomic E-state index is 13.3. The molecule has 2 bridgehead atoms. The molecular formula is C20H29N3O4. The van der Waals surface area contributed by atoms with Crippen LogP contribution in [0.15, 0.2) is 12.2 Å². The largest absolute Gasteiger partial charge is 0.379 e. The quantitative estimate of drug-likeness (QED) is 0.641. The van der Waals surface area contributed by atoms with E-state index in [1.165, 1.54) is 0 Å². The molecule has 2 amide bonds. The molecular weight excluding hydrogens is 346 g/mol. The van der Waals surface area contributed by atoms with Crippen molar-refractivity contribution >= 4 is 11.8 Å². The molecule has 2 unspecified atom stereocenters. The molecule has 7 heteroatoms. The third-order valence-corrected chi connectivity index (χ3v) is 6.93. The zero-order chi connectivity index (χ0) is 19.0. The fourth-order valence-corrected chi connectivity index (χ4v) is 5.37. The number of nitrogens with zero attached hydrogens (tertiary/aromatic N) is 3. The van der Waals surface area contributed by atoms with Crippen LogP contribution in [-0.2, 0) is 19.1 Å². The third-order valence-electron chi connectivity index (χ3n) is 6.93. The van der Waals surface area contributed by atoms with Gasteiger partial charge in [-0.05, 0) is 20.8 Å². The van der Waals surface area contributed by atoms with Gasteiger partial charge in [0.2, 0.25) is 11.8 Å². The molecule has 0 aromatic carbocycles. The Bertz CT molecular complexity index is 690. The Morgan fingerprint density at radius 3 is 2.59 bits per heavy atom. The van der Waals surface area contributed by atoms with Crippen LogP contribution in [0.25, 0.3) is 0 Å². The number of ether oxygens (including phenoxy) is 2. The zero-order valence-corrected chi connectivity index (χ0v) is 16.4. The van der Waals surface area contributed by atoms with E-state index in [9.17, 15) is 9.59 Å². The molecule has 0 N–H and O–H groups in total. The van der Waals surface area contributed by atoms with Crippen molar-refractivity contribution in [3.05, 3.63) is 12.2 Å². The summed E-state index contributed by atoms with van der Waals surface area (Å²) in [4.78, 5) is 32.7. The van der Waals surface area contributed by atoms with Gasteiger partial charge in [0.15, 0.2) is 0 Å². The van der Waals surface area contributed by atoms with E-state index in [1.807, 2.05) is 42.7 Å². The van der Waals surface area contributed by atoms with Gasteiger partial charge in [-0.15, -0.1) is 0 Å². The predicted octanol–water partition coefficient (Wildman–Crippen LogP) is 0.110. The SMILES string of the molecule is CC(C)(C)N1C[C@]23C=C[C@H](O2)C(C(=O)N2CC(N4CCOCC4)C2)C3C1=O. The van der Waals surface area contributed by atoms with Crippen molar-refractivity contribution in [3.63, 3.8) is 0 Å². The van der Waals surface area contributed by atoms with Crippen LogP contribution in [-0.4, -0.2) is 95.7 Å². The molecule has 0 aromatic rings. The van der Waals surface area contributed by atoms with Gasteiger partial charge < -0.3 is 19.3 Å². The second kappa shape index (κ2) is 5.78. The van der Waals surface area contributed by atoms with Crippen LogP contribution in [0.4, 0.5) is 0 Å². The second-order valence-corrected chi connectivity index (χ2v) is 9.54. The monoisotopic (exact) mass is 375 g/mol. The molecule has 0 saturated carbocycles. The van der Waals surface area contributed by atoms with E-state index < -0.39 is 5.60 Å². The number of hydrogen-bond acceptors (Lipinski definition) is 5. The minimum absolute atomic E-state index is 0.0675. The first-order valence-electron chi connectivity index (χ1n) is 10.1. The van der Waals surface area contributed by atoms with Crippen LogP contribution >= 0.6 is 0 Å². The van der Waals surface area contributed by atoms with Gasteiger partial charge in [0, 0.05) is 37.8 Å². The van der Waals surface area contributed by atoms with Crippen molar-refractivity contribution in [3.8, 4) is 0 Å². The maximum Gasteiger partial charge on any atom is 0.230 e. The molecule has 4 atom stereocenters. The van der Waals surface area contributed by atoms with Gasteiger partial charge in [0.25, 0.3) is 0 Å².